The van der Waals surface area contributed by atoms with Crippen LogP contribution in [0.4, 0.5) is 0 Å². The van der Waals surface area contributed by atoms with Crippen LogP contribution in [0.2, 0.25) is 10.8 Å². The Hall–Kier alpha value is -1.99. The van der Waals surface area contributed by atoms with E-state index < -0.39 is 0 Å². The number of unbranched alkanes of at least 4 members (excludes halogenated alkanes) is 87. The van der Waals surface area contributed by atoms with Gasteiger partial charge in [-0.05, 0) is 111 Å². The van der Waals surface area contributed by atoms with Crippen LogP contribution in [0.3, 0.4) is 0 Å². The minimum Gasteiger partial charge on any atom is -0.0654 e. The molecule has 0 N–H and O–H groups in total. The predicted molar refractivity (Wildman–Crippen MR) is 574 cm³/mol. The Balaban J connectivity index is 0.00000103. The van der Waals surface area contributed by atoms with E-state index in [-0.39, 0.29) is 0 Å². The molecule has 3 rings (SSSR count). The number of hydrogen-bond donors (Lipinski definition) is 0. The molecule has 3 heteroatoms. The summed E-state index contributed by atoms with van der Waals surface area (Å²) >= 11 is 2.05. The molecule has 0 bridgehead atoms. The van der Waals surface area contributed by atoms with E-state index in [9.17, 15) is 5.53 Å². The molecule has 2 nitrogen and oxygen atoms in total. The van der Waals surface area contributed by atoms with Crippen LogP contribution in [0.25, 0.3) is 16.9 Å². The topological polar surface area (TPSA) is 25.3 Å². The van der Waals surface area contributed by atoms with Crippen LogP contribution < -0.4 is 0 Å². The minimum atomic E-state index is 0.978. The second kappa shape index (κ2) is 100.0. The summed E-state index contributed by atoms with van der Waals surface area (Å²) < 4.78 is 1.61. The molecule has 0 spiro atoms. The van der Waals surface area contributed by atoms with Crippen LogP contribution in [0.5, 0.6) is 0 Å². The molecule has 746 valence electrons. The first kappa shape index (κ1) is 121. The quantitative estimate of drug-likeness (QED) is 0.0358. The van der Waals surface area contributed by atoms with Crippen LogP contribution in [0.15, 0.2) is 48.0 Å². The average molecular weight is 1810 g/mol. The van der Waals surface area contributed by atoms with Crippen molar-refractivity contribution in [3.05, 3.63) is 87.0 Å². The maximum absolute atomic E-state index is 12.4. The molecule has 0 aromatic heterocycles. The smallest absolute Gasteiger partial charge is 0.0654 e. The summed E-state index contributed by atoms with van der Waals surface area (Å²) in [6, 6.07) is 14.7. The van der Waals surface area contributed by atoms with Gasteiger partial charge in [-0.3, -0.25) is 0 Å². The zero-order valence-corrected chi connectivity index (χ0v) is 89.2. The second-order valence-corrected chi connectivity index (χ2v) is 43.3. The third-order valence-electron chi connectivity index (χ3n) is 29.0. The van der Waals surface area contributed by atoms with Gasteiger partial charge in [0.15, 0.2) is 0 Å². The summed E-state index contributed by atoms with van der Waals surface area (Å²) in [5.41, 5.74) is 23.9. The van der Waals surface area contributed by atoms with E-state index in [1.165, 1.54) is 640 Å². The number of nitrogens with zero attached hydrogens (tertiary/aromatic N) is 2. The van der Waals surface area contributed by atoms with Crippen molar-refractivity contribution < 1.29 is 19.1 Å². The molecule has 0 aliphatic carbocycles. The van der Waals surface area contributed by atoms with E-state index in [0.29, 0.717) is 0 Å². The van der Waals surface area contributed by atoms with Gasteiger partial charge < -0.3 is 5.53 Å². The Kier molecular flexibility index (Phi) is 95.3. The van der Waals surface area contributed by atoms with E-state index >= 15 is 0 Å². The van der Waals surface area contributed by atoms with Gasteiger partial charge in [0, 0.05) is 22.8 Å². The first-order valence-corrected chi connectivity index (χ1v) is 61.0. The zero-order chi connectivity index (χ0) is 90.8. The number of allylic oxidation sites excluding steroid dienone is 2. The molecule has 2 aromatic carbocycles. The molecule has 1 heterocycles. The summed E-state index contributed by atoms with van der Waals surface area (Å²) in [6.07, 6.45) is 143. The van der Waals surface area contributed by atoms with Gasteiger partial charge in [-0.25, -0.2) is 4.70 Å². The standard InChI is InChI=1S/C80H140N2.2C22H45.Ni/c1-6-11-16-18-20-22-24-26-28-30-32-34-36-38-40-42-44-46-48-50-52-54-56-58-62-74-65-72(60-13-8-3)67-77(68-74)79-71-76(64-15-10-5)80(82(79)81)78-69-73(61-14-9-4)66-75(70-78)63-59-57-55-53-51-49-47-45-43-41-39-37-35-33-31-29-27-25-23-21-19-17-12-7-2;2*1-3-5-7-9-11-13-15-17-19-21-22-20-18-16-14-12-10-8-6-4-2;/h65-71H,6-64H2,1-5H3;2*1,3-22H2,2H3;. The second-order valence-electron chi connectivity index (χ2n) is 41.8. The van der Waals surface area contributed by atoms with Gasteiger partial charge in [0.25, 0.3) is 0 Å². The summed E-state index contributed by atoms with van der Waals surface area (Å²) in [5, 5.41) is 2.87. The summed E-state index contributed by atoms with van der Waals surface area (Å²) in [4.78, 5) is 0. The summed E-state index contributed by atoms with van der Waals surface area (Å²) in [5.74, 6) is 0. The van der Waals surface area contributed by atoms with Crippen molar-refractivity contribution in [2.24, 2.45) is 0 Å². The van der Waals surface area contributed by atoms with E-state index in [1.54, 1.807) is 4.70 Å². The van der Waals surface area contributed by atoms with Crippen LogP contribution in [0, 0.1) is 0 Å². The van der Waals surface area contributed by atoms with E-state index in [4.69, 9.17) is 0 Å². The minimum absolute atomic E-state index is 0.978. The fourth-order valence-corrected chi connectivity index (χ4v) is 21.5. The fraction of sp³-hybridized carbons (Fsp3) is 0.871. The first-order valence-electron chi connectivity index (χ1n) is 59.6. The van der Waals surface area contributed by atoms with Crippen molar-refractivity contribution in [1.29, 1.82) is 0 Å². The zero-order valence-electron chi connectivity index (χ0n) is 88.2. The number of hydrogen-bond acceptors (Lipinski definition) is 0. The van der Waals surface area contributed by atoms with Gasteiger partial charge in [-0.2, -0.15) is 0 Å². The molecule has 0 amide bonds. The Bertz CT molecular complexity index is 2560. The molecule has 2 aromatic rings. The van der Waals surface area contributed by atoms with Crippen LogP contribution in [-0.4, -0.2) is 4.70 Å². The fourth-order valence-electron chi connectivity index (χ4n) is 20.3. The van der Waals surface area contributed by atoms with Gasteiger partial charge in [0.05, 0.1) is 0 Å². The summed E-state index contributed by atoms with van der Waals surface area (Å²) in [6.45, 7) is 16.2. The van der Waals surface area contributed by atoms with E-state index in [1.807, 2.05) is 14.4 Å². The van der Waals surface area contributed by atoms with Crippen molar-refractivity contribution in [2.75, 3.05) is 0 Å². The average Bonchev–Trinajstić information content (AvgIpc) is 1.63. The normalized spacial score (nSPS) is 12.3. The van der Waals surface area contributed by atoms with Crippen molar-refractivity contribution in [2.45, 2.75) is 695 Å². The Morgan fingerprint density at radius 2 is 0.331 bits per heavy atom. The maximum atomic E-state index is 12.4. The molecule has 0 fully saturated rings. The van der Waals surface area contributed by atoms with Crippen molar-refractivity contribution in [3.8, 4) is 0 Å². The molecular formula is C124H230N2Ni. The number of benzene rings is 2. The third-order valence-corrected chi connectivity index (χ3v) is 30.4. The van der Waals surface area contributed by atoms with Crippen molar-refractivity contribution in [1.82, 2.24) is 0 Å². The monoisotopic (exact) mass is 1810 g/mol. The van der Waals surface area contributed by atoms with Gasteiger partial charge in [0.1, 0.15) is 0 Å². The predicted octanol–water partition coefficient (Wildman–Crippen LogP) is 45.8. The van der Waals surface area contributed by atoms with E-state index in [2.05, 4.69) is 90.9 Å². The van der Waals surface area contributed by atoms with Crippen LogP contribution in [0.1, 0.15) is 692 Å². The van der Waals surface area contributed by atoms with Gasteiger partial charge >= 0.3 is 166 Å². The van der Waals surface area contributed by atoms with Gasteiger partial charge in [-0.1, -0.05) is 491 Å². The molecule has 127 heavy (non-hydrogen) atoms. The van der Waals surface area contributed by atoms with Crippen LogP contribution >= 0.6 is 0 Å². The molecule has 0 radical (unpaired) electrons. The Morgan fingerprint density at radius 1 is 0.173 bits per heavy atom. The van der Waals surface area contributed by atoms with Crippen LogP contribution in [-0.2, 0) is 40.1 Å². The Morgan fingerprint density at radius 3 is 0.528 bits per heavy atom. The first-order chi connectivity index (χ1) is 63.0. The Labute approximate surface area is 806 Å². The van der Waals surface area contributed by atoms with Gasteiger partial charge in [0.2, 0.25) is 11.4 Å². The molecule has 0 unspecified atom stereocenters. The molecular weight excluding hydrogens is 1580 g/mol. The SMILES string of the molecule is CCCCCCCCCCCCCCCCCCCCCCCCCCc1cc(CCCC)cc(C2=CC(CCCC)=C(c3cc(CCCC)cc(CCCCCCCCCCCCCCCCCCCCCCCCCC)c3)[N+]2=[N-])c1.CCCCCCCCCCCCCCCCCCCCC[CH2][Ni][CH2]CCCCCCCCCCCCCCCCCCCCC. The third kappa shape index (κ3) is 79.9. The van der Waals surface area contributed by atoms with E-state index in [0.717, 1.165) is 56.3 Å². The molecule has 1 aliphatic heterocycles. The van der Waals surface area contributed by atoms with Crippen molar-refractivity contribution >= 4 is 11.4 Å². The molecule has 0 saturated heterocycles. The molecule has 1 aliphatic rings. The molecule has 0 atom stereocenters. The van der Waals surface area contributed by atoms with Crippen molar-refractivity contribution in [3.63, 3.8) is 0 Å². The number of aryl methyl sites for hydroxylation is 4. The van der Waals surface area contributed by atoms with Gasteiger partial charge in [-0.15, -0.1) is 0 Å². The number of rotatable bonds is 103. The summed E-state index contributed by atoms with van der Waals surface area (Å²) in [7, 11) is 0. The molecule has 0 saturated carbocycles.